The van der Waals surface area contributed by atoms with Crippen LogP contribution in [0.1, 0.15) is 82.1 Å². The molecule has 0 spiro atoms. The minimum Gasteiger partial charge on any atom is -0.462 e. The molecule has 1 heterocycles. The van der Waals surface area contributed by atoms with Crippen LogP contribution in [0.5, 0.6) is 0 Å². The van der Waals surface area contributed by atoms with E-state index >= 15 is 0 Å². The van der Waals surface area contributed by atoms with Crippen LogP contribution in [0.15, 0.2) is 12.2 Å². The number of esters is 1. The summed E-state index contributed by atoms with van der Waals surface area (Å²) in [5.74, 6) is -0.340. The molecule has 0 aromatic rings. The van der Waals surface area contributed by atoms with E-state index in [4.69, 9.17) is 36.3 Å². The molecule has 1 rings (SSSR count). The van der Waals surface area contributed by atoms with E-state index in [0.29, 0.717) is 31.5 Å². The molecule has 0 aromatic carbocycles. The summed E-state index contributed by atoms with van der Waals surface area (Å²) in [7, 11) is -1.59. The highest BCUT2D eigenvalue weighted by Gasteiger charge is 2.49. The Morgan fingerprint density at radius 1 is 0.846 bits per heavy atom. The quantitative estimate of drug-likeness (QED) is 0.0697. The van der Waals surface area contributed by atoms with E-state index in [0.717, 1.165) is 31.5 Å². The highest BCUT2D eigenvalue weighted by atomic mass is 28.4. The second kappa shape index (κ2) is 16.7. The zero-order chi connectivity index (χ0) is 30.5. The lowest BCUT2D eigenvalue weighted by atomic mass is 10.2. The largest absolute Gasteiger partial charge is 0.502 e. The van der Waals surface area contributed by atoms with Crippen molar-refractivity contribution in [2.24, 2.45) is 0 Å². The summed E-state index contributed by atoms with van der Waals surface area (Å²) in [5, 5.41) is 0. The van der Waals surface area contributed by atoms with Crippen molar-refractivity contribution in [3.8, 4) is 0 Å². The van der Waals surface area contributed by atoms with Gasteiger partial charge in [0.2, 0.25) is 0 Å². The Morgan fingerprint density at radius 3 is 1.64 bits per heavy atom. The maximum Gasteiger partial charge on any atom is 0.502 e. The molecule has 1 unspecified atom stereocenters. The van der Waals surface area contributed by atoms with Gasteiger partial charge in [0, 0.05) is 32.4 Å². The first kappa shape index (κ1) is 38.4. The van der Waals surface area contributed by atoms with E-state index in [1.54, 1.807) is 21.1 Å². The van der Waals surface area contributed by atoms with Gasteiger partial charge in [0.25, 0.3) is 0 Å². The van der Waals surface area contributed by atoms with Crippen LogP contribution in [0.3, 0.4) is 0 Å². The minimum absolute atomic E-state index is 0.300. The van der Waals surface area contributed by atoms with Crippen LogP contribution in [-0.4, -0.2) is 86.9 Å². The maximum absolute atomic E-state index is 11.0. The number of carbonyl (C=O) groups excluding carboxylic acids is 1. The molecule has 0 aliphatic carbocycles. The highest BCUT2D eigenvalue weighted by molar-refractivity contribution is 6.65. The topological polar surface area (TPSA) is 94.2 Å². The van der Waals surface area contributed by atoms with Crippen LogP contribution in [0.25, 0.3) is 0 Å². The predicted octanol–water partition coefficient (Wildman–Crippen LogP) is 6.04. The van der Waals surface area contributed by atoms with Crippen molar-refractivity contribution in [2.45, 2.75) is 124 Å². The lowest BCUT2D eigenvalue weighted by molar-refractivity contribution is -0.139. The minimum atomic E-state index is -2.87. The van der Waals surface area contributed by atoms with Crippen molar-refractivity contribution in [1.82, 2.24) is 0 Å². The summed E-state index contributed by atoms with van der Waals surface area (Å²) >= 11 is 0. The van der Waals surface area contributed by atoms with Gasteiger partial charge in [-0.05, 0) is 94.7 Å². The summed E-state index contributed by atoms with van der Waals surface area (Å²) in [6.45, 7) is 28.1. The van der Waals surface area contributed by atoms with E-state index in [1.165, 1.54) is 0 Å². The number of rotatable bonds is 16. The van der Waals surface area contributed by atoms with Crippen molar-refractivity contribution in [3.05, 3.63) is 12.2 Å². The first-order valence-electron chi connectivity index (χ1n) is 13.9. The number of hydrogen-bond donors (Lipinski definition) is 0. The Kier molecular flexibility index (Phi) is 16.4. The average molecular weight is 595 g/mol. The van der Waals surface area contributed by atoms with Gasteiger partial charge in [0.05, 0.1) is 36.6 Å². The SMILES string of the molecule is C=C(C)C(=O)OCCC[Si](C)(OC)OC.CC(C)(C)O[Si](CCCOCC1CO1)(OC(C)(C)C)OC(C)(C)C. The number of ether oxygens (including phenoxy) is 3. The van der Waals surface area contributed by atoms with Crippen molar-refractivity contribution >= 4 is 23.3 Å². The van der Waals surface area contributed by atoms with Gasteiger partial charge in [-0.2, -0.15) is 0 Å². The van der Waals surface area contributed by atoms with Crippen LogP contribution >= 0.6 is 0 Å². The Bertz CT molecular complexity index is 675. The third-order valence-electron chi connectivity index (χ3n) is 5.08. The fourth-order valence-electron chi connectivity index (χ4n) is 3.35. The van der Waals surface area contributed by atoms with Crippen molar-refractivity contribution in [1.29, 1.82) is 0 Å². The molecule has 0 N–H and O–H groups in total. The molecule has 1 fully saturated rings. The molecule has 11 heteroatoms. The Hall–Kier alpha value is -0.636. The summed E-state index contributed by atoms with van der Waals surface area (Å²) in [4.78, 5) is 11.0. The monoisotopic (exact) mass is 594 g/mol. The Morgan fingerprint density at radius 2 is 1.28 bits per heavy atom. The Balaban J connectivity index is 0.000000830. The first-order valence-corrected chi connectivity index (χ1v) is 18.3. The van der Waals surface area contributed by atoms with Gasteiger partial charge in [-0.1, -0.05) is 6.58 Å². The van der Waals surface area contributed by atoms with Crippen molar-refractivity contribution in [3.63, 3.8) is 0 Å². The molecule has 1 aliphatic heterocycles. The first-order chi connectivity index (χ1) is 17.6. The number of epoxide rings is 1. The van der Waals surface area contributed by atoms with Gasteiger partial charge in [0.1, 0.15) is 6.10 Å². The van der Waals surface area contributed by atoms with Crippen LogP contribution in [0, 0.1) is 0 Å². The summed E-state index contributed by atoms with van der Waals surface area (Å²) in [6.07, 6.45) is 1.90. The second-order valence-corrected chi connectivity index (χ2v) is 19.1. The smallest absolute Gasteiger partial charge is 0.462 e. The van der Waals surface area contributed by atoms with Crippen molar-refractivity contribution in [2.75, 3.05) is 40.6 Å². The van der Waals surface area contributed by atoms with Gasteiger partial charge in [0.15, 0.2) is 0 Å². The summed E-state index contributed by atoms with van der Waals surface area (Å²) in [6, 6.07) is 1.55. The maximum atomic E-state index is 11.0. The fraction of sp³-hybridized carbons (Fsp3) is 0.893. The third-order valence-corrected chi connectivity index (χ3v) is 11.8. The normalized spacial score (nSPS) is 16.4. The number of hydrogen-bond acceptors (Lipinski definition) is 9. The van der Waals surface area contributed by atoms with E-state index in [1.807, 2.05) is 68.9 Å². The van der Waals surface area contributed by atoms with E-state index < -0.39 is 17.4 Å². The molecule has 0 radical (unpaired) electrons. The molecule has 1 atom stereocenters. The molecule has 9 nitrogen and oxygen atoms in total. The molecular weight excluding hydrogens is 536 g/mol. The van der Waals surface area contributed by atoms with Gasteiger partial charge < -0.3 is 36.3 Å². The lowest BCUT2D eigenvalue weighted by Crippen LogP contribution is -2.57. The van der Waals surface area contributed by atoms with Gasteiger partial charge in [-0.25, -0.2) is 4.79 Å². The lowest BCUT2D eigenvalue weighted by Gasteiger charge is -2.43. The average Bonchev–Trinajstić information content (AvgIpc) is 3.57. The highest BCUT2D eigenvalue weighted by Crippen LogP contribution is 2.32. The predicted molar refractivity (Wildman–Crippen MR) is 159 cm³/mol. The van der Waals surface area contributed by atoms with Crippen LogP contribution in [0.2, 0.25) is 18.6 Å². The second-order valence-electron chi connectivity index (χ2n) is 13.0. The summed E-state index contributed by atoms with van der Waals surface area (Å²) < 4.78 is 45.7. The molecule has 0 bridgehead atoms. The standard InChI is InChI=1S/C18H38O5Si.C10H20O4Si/c1-16(2,3)21-24(22-17(4,5)6,23-18(7,8)9)12-10-11-19-13-15-14-20-15;1-9(2)10(11)14-7-6-8-15(5,12-3)13-4/h15H,10-14H2,1-9H3;1,6-8H2,2-5H3. The molecular formula is C28H58O9Si2. The zero-order valence-electron chi connectivity index (χ0n) is 27.1. The van der Waals surface area contributed by atoms with E-state index in [-0.39, 0.29) is 22.8 Å². The van der Waals surface area contributed by atoms with Crippen LogP contribution < -0.4 is 0 Å². The van der Waals surface area contributed by atoms with Crippen LogP contribution in [-0.2, 0) is 41.1 Å². The van der Waals surface area contributed by atoms with Crippen LogP contribution in [0.4, 0.5) is 0 Å². The molecule has 0 aromatic heterocycles. The van der Waals surface area contributed by atoms with Crippen molar-refractivity contribution < 1.29 is 41.1 Å². The number of carbonyl (C=O) groups is 1. The molecule has 1 saturated heterocycles. The van der Waals surface area contributed by atoms with E-state index in [2.05, 4.69) is 6.58 Å². The van der Waals surface area contributed by atoms with Gasteiger partial charge in [-0.3, -0.25) is 0 Å². The van der Waals surface area contributed by atoms with Gasteiger partial charge >= 0.3 is 23.3 Å². The molecule has 232 valence electrons. The third kappa shape index (κ3) is 20.8. The Labute approximate surface area is 240 Å². The molecule has 39 heavy (non-hydrogen) atoms. The molecule has 1 aliphatic rings. The zero-order valence-corrected chi connectivity index (χ0v) is 29.1. The summed E-state index contributed by atoms with van der Waals surface area (Å²) in [5.41, 5.74) is -0.559. The van der Waals surface area contributed by atoms with Gasteiger partial charge in [-0.15, -0.1) is 0 Å². The fourth-order valence-corrected chi connectivity index (χ4v) is 8.52. The molecule has 0 amide bonds. The van der Waals surface area contributed by atoms with E-state index in [9.17, 15) is 4.79 Å². The molecule has 0 saturated carbocycles.